The Labute approximate surface area is 147 Å². The van der Waals surface area contributed by atoms with Crippen molar-refractivity contribution in [3.05, 3.63) is 62.1 Å². The van der Waals surface area contributed by atoms with Gasteiger partial charge < -0.3 is 9.64 Å². The molecule has 0 N–H and O–H groups in total. The third-order valence-electron chi connectivity index (χ3n) is 4.02. The second-order valence-corrected chi connectivity index (χ2v) is 6.43. The SMILES string of the molecule is COc1ccc(CC(=O)N2CCc3cc(Br)cc([N+](=O)[O-])c32)cc1. The number of nitrogens with zero attached hydrogens (tertiary/aromatic N) is 2. The molecule has 0 saturated heterocycles. The van der Waals surface area contributed by atoms with Crippen LogP contribution in [0.1, 0.15) is 11.1 Å². The fourth-order valence-corrected chi connectivity index (χ4v) is 3.38. The number of ether oxygens (including phenoxy) is 1. The highest BCUT2D eigenvalue weighted by atomic mass is 79.9. The number of carbonyl (C=O) groups is 1. The summed E-state index contributed by atoms with van der Waals surface area (Å²) >= 11 is 3.29. The number of benzene rings is 2. The number of nitro groups is 1. The average molecular weight is 391 g/mol. The Kier molecular flexibility index (Phi) is 4.53. The number of hydrogen-bond donors (Lipinski definition) is 0. The molecule has 2 aromatic carbocycles. The molecule has 3 rings (SSSR count). The van der Waals surface area contributed by atoms with Gasteiger partial charge in [-0.15, -0.1) is 0 Å². The van der Waals surface area contributed by atoms with Crippen molar-refractivity contribution in [2.75, 3.05) is 18.6 Å². The van der Waals surface area contributed by atoms with Crippen LogP contribution in [0, 0.1) is 10.1 Å². The van der Waals surface area contributed by atoms with Gasteiger partial charge in [-0.3, -0.25) is 14.9 Å². The van der Waals surface area contributed by atoms with Crippen LogP contribution in [0.4, 0.5) is 11.4 Å². The van der Waals surface area contributed by atoms with Crippen molar-refractivity contribution in [1.82, 2.24) is 0 Å². The lowest BCUT2D eigenvalue weighted by molar-refractivity contribution is -0.384. The Bertz CT molecular complexity index is 805. The zero-order chi connectivity index (χ0) is 17.3. The van der Waals surface area contributed by atoms with E-state index in [4.69, 9.17) is 4.74 Å². The maximum atomic E-state index is 12.7. The first kappa shape index (κ1) is 16.4. The van der Waals surface area contributed by atoms with Gasteiger partial charge in [0.25, 0.3) is 5.69 Å². The number of hydrogen-bond acceptors (Lipinski definition) is 4. The van der Waals surface area contributed by atoms with E-state index >= 15 is 0 Å². The molecule has 2 aromatic rings. The summed E-state index contributed by atoms with van der Waals surface area (Å²) in [5.74, 6) is 0.572. The van der Waals surface area contributed by atoms with E-state index in [0.717, 1.165) is 16.9 Å². The van der Waals surface area contributed by atoms with E-state index in [1.807, 2.05) is 18.2 Å². The number of carbonyl (C=O) groups excluding carboxylic acids is 1. The Hall–Kier alpha value is -2.41. The number of amides is 1. The highest BCUT2D eigenvalue weighted by Gasteiger charge is 2.32. The van der Waals surface area contributed by atoms with Crippen LogP contribution in [0.15, 0.2) is 40.9 Å². The van der Waals surface area contributed by atoms with Gasteiger partial charge in [0.2, 0.25) is 5.91 Å². The largest absolute Gasteiger partial charge is 0.497 e. The molecule has 0 unspecified atom stereocenters. The number of methoxy groups -OCH3 is 1. The minimum absolute atomic E-state index is 0.0417. The van der Waals surface area contributed by atoms with E-state index in [-0.39, 0.29) is 18.0 Å². The van der Waals surface area contributed by atoms with Crippen molar-refractivity contribution >= 4 is 33.2 Å². The standard InChI is InChI=1S/C17H15BrN2O4/c1-24-14-4-2-11(3-5-14)8-16(21)19-7-6-12-9-13(18)10-15(17(12)19)20(22)23/h2-5,9-10H,6-8H2,1H3. The first-order valence-electron chi connectivity index (χ1n) is 7.39. The fourth-order valence-electron chi connectivity index (χ4n) is 2.89. The molecule has 1 aliphatic heterocycles. The van der Waals surface area contributed by atoms with Gasteiger partial charge in [0.1, 0.15) is 11.4 Å². The molecular formula is C17H15BrN2O4. The smallest absolute Gasteiger partial charge is 0.294 e. The highest BCUT2D eigenvalue weighted by molar-refractivity contribution is 9.10. The van der Waals surface area contributed by atoms with E-state index in [1.165, 1.54) is 11.0 Å². The van der Waals surface area contributed by atoms with E-state index < -0.39 is 4.92 Å². The van der Waals surface area contributed by atoms with Crippen LogP contribution in [-0.2, 0) is 17.6 Å². The van der Waals surface area contributed by atoms with Crippen molar-refractivity contribution in [3.63, 3.8) is 0 Å². The molecule has 7 heteroatoms. The molecule has 0 fully saturated rings. The maximum Gasteiger partial charge on any atom is 0.294 e. The first-order chi connectivity index (χ1) is 11.5. The van der Waals surface area contributed by atoms with Gasteiger partial charge in [-0.25, -0.2) is 0 Å². The summed E-state index contributed by atoms with van der Waals surface area (Å²) in [6, 6.07) is 10.5. The van der Waals surface area contributed by atoms with Gasteiger partial charge in [-0.1, -0.05) is 28.1 Å². The number of halogens is 1. The van der Waals surface area contributed by atoms with E-state index in [2.05, 4.69) is 15.9 Å². The van der Waals surface area contributed by atoms with Crippen LogP contribution in [-0.4, -0.2) is 24.5 Å². The third-order valence-corrected chi connectivity index (χ3v) is 4.48. The van der Waals surface area contributed by atoms with Crippen LogP contribution >= 0.6 is 15.9 Å². The predicted molar refractivity (Wildman–Crippen MR) is 93.6 cm³/mol. The second kappa shape index (κ2) is 6.60. The summed E-state index contributed by atoms with van der Waals surface area (Å²) < 4.78 is 5.75. The zero-order valence-corrected chi connectivity index (χ0v) is 14.6. The van der Waals surface area contributed by atoms with Crippen LogP contribution in [0.2, 0.25) is 0 Å². The average Bonchev–Trinajstić information content (AvgIpc) is 2.98. The topological polar surface area (TPSA) is 72.7 Å². The molecule has 24 heavy (non-hydrogen) atoms. The molecule has 0 saturated carbocycles. The summed E-state index contributed by atoms with van der Waals surface area (Å²) in [5.41, 5.74) is 2.04. The Morgan fingerprint density at radius 3 is 2.67 bits per heavy atom. The van der Waals surface area contributed by atoms with E-state index in [0.29, 0.717) is 23.1 Å². The molecule has 0 radical (unpaired) electrons. The van der Waals surface area contributed by atoms with Crippen molar-refractivity contribution < 1.29 is 14.5 Å². The molecule has 0 atom stereocenters. The van der Waals surface area contributed by atoms with Crippen molar-refractivity contribution in [1.29, 1.82) is 0 Å². The van der Waals surface area contributed by atoms with Gasteiger partial charge >= 0.3 is 0 Å². The molecule has 1 heterocycles. The lowest BCUT2D eigenvalue weighted by Gasteiger charge is -2.17. The van der Waals surface area contributed by atoms with Gasteiger partial charge in [-0.05, 0) is 35.7 Å². The molecule has 0 bridgehead atoms. The van der Waals surface area contributed by atoms with Crippen LogP contribution in [0.3, 0.4) is 0 Å². The Morgan fingerprint density at radius 2 is 2.04 bits per heavy atom. The number of fused-ring (bicyclic) bond motifs is 1. The van der Waals surface area contributed by atoms with Gasteiger partial charge in [0.15, 0.2) is 0 Å². The summed E-state index contributed by atoms with van der Waals surface area (Å²) in [4.78, 5) is 25.1. The quantitative estimate of drug-likeness (QED) is 0.591. The molecule has 1 aliphatic rings. The molecule has 0 aliphatic carbocycles. The second-order valence-electron chi connectivity index (χ2n) is 5.51. The highest BCUT2D eigenvalue weighted by Crippen LogP contribution is 2.39. The molecule has 124 valence electrons. The summed E-state index contributed by atoms with van der Waals surface area (Å²) in [7, 11) is 1.58. The van der Waals surface area contributed by atoms with Crippen LogP contribution in [0.25, 0.3) is 0 Å². The zero-order valence-electron chi connectivity index (χ0n) is 13.0. The number of anilines is 1. The van der Waals surface area contributed by atoms with Gasteiger partial charge in [0.05, 0.1) is 18.5 Å². The Balaban J connectivity index is 1.87. The summed E-state index contributed by atoms with van der Waals surface area (Å²) in [6.07, 6.45) is 0.806. The normalized spacial score (nSPS) is 12.8. The third kappa shape index (κ3) is 3.12. The van der Waals surface area contributed by atoms with Crippen molar-refractivity contribution in [3.8, 4) is 5.75 Å². The monoisotopic (exact) mass is 390 g/mol. The predicted octanol–water partition coefficient (Wildman–Crippen LogP) is 3.50. The van der Waals surface area contributed by atoms with Crippen molar-refractivity contribution in [2.24, 2.45) is 0 Å². The number of rotatable bonds is 4. The van der Waals surface area contributed by atoms with Crippen molar-refractivity contribution in [2.45, 2.75) is 12.8 Å². The Morgan fingerprint density at radius 1 is 1.33 bits per heavy atom. The van der Waals surface area contributed by atoms with Gasteiger partial charge in [-0.2, -0.15) is 0 Å². The van der Waals surface area contributed by atoms with Crippen LogP contribution in [0.5, 0.6) is 5.75 Å². The number of nitro benzene ring substituents is 1. The van der Waals surface area contributed by atoms with E-state index in [9.17, 15) is 14.9 Å². The summed E-state index contributed by atoms with van der Waals surface area (Å²) in [5, 5.41) is 11.3. The maximum absolute atomic E-state index is 12.7. The molecule has 0 aromatic heterocycles. The molecular weight excluding hydrogens is 376 g/mol. The van der Waals surface area contributed by atoms with Crippen LogP contribution < -0.4 is 9.64 Å². The van der Waals surface area contributed by atoms with E-state index in [1.54, 1.807) is 19.2 Å². The molecule has 1 amide bonds. The summed E-state index contributed by atoms with van der Waals surface area (Å²) in [6.45, 7) is 0.460. The fraction of sp³-hybridized carbons (Fsp3) is 0.235. The lowest BCUT2D eigenvalue weighted by atomic mass is 10.1. The van der Waals surface area contributed by atoms with Gasteiger partial charge in [0, 0.05) is 17.1 Å². The minimum Gasteiger partial charge on any atom is -0.497 e. The first-order valence-corrected chi connectivity index (χ1v) is 8.19. The lowest BCUT2D eigenvalue weighted by Crippen LogP contribution is -2.30. The molecule has 0 spiro atoms. The molecule has 6 nitrogen and oxygen atoms in total. The minimum atomic E-state index is -0.442.